The minimum atomic E-state index is -0.671. The number of hydrogen-bond donors (Lipinski definition) is 3. The number of anilines is 1. The van der Waals surface area contributed by atoms with Gasteiger partial charge in [0.1, 0.15) is 0 Å². The highest BCUT2D eigenvalue weighted by atomic mass is 19.1. The van der Waals surface area contributed by atoms with Crippen molar-refractivity contribution in [2.24, 2.45) is 0 Å². The van der Waals surface area contributed by atoms with Gasteiger partial charge in [0, 0.05) is 13.2 Å². The number of aliphatic hydroxyl groups excluding tert-OH is 1. The van der Waals surface area contributed by atoms with Gasteiger partial charge in [-0.25, -0.2) is 9.37 Å². The topological polar surface area (TPSA) is 74.2 Å². The van der Waals surface area contributed by atoms with Crippen molar-refractivity contribution in [3.05, 3.63) is 23.6 Å². The van der Waals surface area contributed by atoms with Gasteiger partial charge in [0.15, 0.2) is 11.6 Å². The van der Waals surface area contributed by atoms with Crippen LogP contribution in [0.1, 0.15) is 42.5 Å². The van der Waals surface area contributed by atoms with Crippen LogP contribution in [-0.4, -0.2) is 35.2 Å². The monoisotopic (exact) mass is 281 g/mol. The molecule has 0 saturated heterocycles. The number of hydrogen-bond acceptors (Lipinski definition) is 4. The summed E-state index contributed by atoms with van der Waals surface area (Å²) in [4.78, 5) is 15.9. The Morgan fingerprint density at radius 3 is 2.90 bits per heavy atom. The van der Waals surface area contributed by atoms with Crippen molar-refractivity contribution in [1.29, 1.82) is 0 Å². The summed E-state index contributed by atoms with van der Waals surface area (Å²) in [5.41, 5.74) is -0.0548. The summed E-state index contributed by atoms with van der Waals surface area (Å²) in [5.74, 6) is -1.14. The number of amides is 1. The second-order valence-corrected chi connectivity index (χ2v) is 5.06. The predicted octanol–water partition coefficient (Wildman–Crippen LogP) is 1.69. The average Bonchev–Trinajstić information content (AvgIpc) is 2.64. The zero-order valence-corrected chi connectivity index (χ0v) is 11.5. The first-order valence-electron chi connectivity index (χ1n) is 6.94. The molecular formula is C14H20FN3O2. The minimum Gasteiger partial charge on any atom is -0.391 e. The minimum absolute atomic E-state index is 0.0408. The molecule has 0 bridgehead atoms. The van der Waals surface area contributed by atoms with Gasteiger partial charge in [0.05, 0.1) is 17.7 Å². The van der Waals surface area contributed by atoms with Crippen LogP contribution < -0.4 is 10.6 Å². The molecule has 20 heavy (non-hydrogen) atoms. The average molecular weight is 281 g/mol. The first-order chi connectivity index (χ1) is 9.63. The third-order valence-corrected chi connectivity index (χ3v) is 3.67. The Labute approximate surface area is 117 Å². The summed E-state index contributed by atoms with van der Waals surface area (Å²) < 4.78 is 14.0. The Hall–Kier alpha value is -1.69. The fraction of sp³-hybridized carbons (Fsp3) is 0.571. The lowest BCUT2D eigenvalue weighted by Crippen LogP contribution is -2.43. The SMILES string of the molecule is CNc1nccc(C(=O)NC2CCCCCC2O)c1F. The molecule has 110 valence electrons. The van der Waals surface area contributed by atoms with Crippen LogP contribution >= 0.6 is 0 Å². The number of aliphatic hydroxyl groups is 1. The number of aromatic nitrogens is 1. The van der Waals surface area contributed by atoms with E-state index in [0.717, 1.165) is 25.7 Å². The molecule has 1 aliphatic carbocycles. The second kappa shape index (κ2) is 6.65. The molecule has 1 amide bonds. The van der Waals surface area contributed by atoms with Crippen molar-refractivity contribution in [3.8, 4) is 0 Å². The van der Waals surface area contributed by atoms with Crippen LogP contribution in [0, 0.1) is 5.82 Å². The van der Waals surface area contributed by atoms with E-state index >= 15 is 0 Å². The smallest absolute Gasteiger partial charge is 0.254 e. The van der Waals surface area contributed by atoms with E-state index in [2.05, 4.69) is 15.6 Å². The van der Waals surface area contributed by atoms with Crippen LogP contribution in [0.4, 0.5) is 10.2 Å². The highest BCUT2D eigenvalue weighted by Crippen LogP contribution is 2.19. The van der Waals surface area contributed by atoms with Crippen molar-refractivity contribution in [3.63, 3.8) is 0 Å². The first kappa shape index (κ1) is 14.7. The van der Waals surface area contributed by atoms with E-state index in [-0.39, 0.29) is 17.4 Å². The Bertz CT molecular complexity index is 481. The van der Waals surface area contributed by atoms with Gasteiger partial charge in [-0.1, -0.05) is 19.3 Å². The van der Waals surface area contributed by atoms with Gasteiger partial charge in [-0.15, -0.1) is 0 Å². The van der Waals surface area contributed by atoms with Crippen molar-refractivity contribution in [1.82, 2.24) is 10.3 Å². The maximum Gasteiger partial charge on any atom is 0.254 e. The van der Waals surface area contributed by atoms with Crippen LogP contribution in [0.5, 0.6) is 0 Å². The van der Waals surface area contributed by atoms with Crippen LogP contribution in [0.3, 0.4) is 0 Å². The first-order valence-corrected chi connectivity index (χ1v) is 6.94. The summed E-state index contributed by atoms with van der Waals surface area (Å²) >= 11 is 0. The van der Waals surface area contributed by atoms with E-state index in [1.165, 1.54) is 12.3 Å². The van der Waals surface area contributed by atoms with Crippen molar-refractivity contribution >= 4 is 11.7 Å². The summed E-state index contributed by atoms with van der Waals surface area (Å²) in [6.45, 7) is 0. The Kier molecular flexibility index (Phi) is 4.89. The van der Waals surface area contributed by atoms with Crippen molar-refractivity contribution in [2.75, 3.05) is 12.4 Å². The molecule has 3 N–H and O–H groups in total. The maximum atomic E-state index is 14.0. The van der Waals surface area contributed by atoms with E-state index in [1.54, 1.807) is 7.05 Å². The van der Waals surface area contributed by atoms with Gasteiger partial charge >= 0.3 is 0 Å². The molecule has 1 fully saturated rings. The highest BCUT2D eigenvalue weighted by Gasteiger charge is 2.25. The quantitative estimate of drug-likeness (QED) is 0.737. The summed E-state index contributed by atoms with van der Waals surface area (Å²) in [6.07, 6.45) is 5.19. The molecule has 1 aliphatic rings. The Morgan fingerprint density at radius 2 is 2.15 bits per heavy atom. The van der Waals surface area contributed by atoms with E-state index in [4.69, 9.17) is 0 Å². The lowest BCUT2D eigenvalue weighted by Gasteiger charge is -2.22. The number of nitrogens with zero attached hydrogens (tertiary/aromatic N) is 1. The van der Waals surface area contributed by atoms with Gasteiger partial charge in [-0.2, -0.15) is 0 Å². The number of carbonyl (C=O) groups is 1. The molecular weight excluding hydrogens is 261 g/mol. The Balaban J connectivity index is 2.11. The van der Waals surface area contributed by atoms with Crippen LogP contribution in [-0.2, 0) is 0 Å². The normalized spacial score (nSPS) is 22.9. The second-order valence-electron chi connectivity index (χ2n) is 5.06. The molecule has 5 nitrogen and oxygen atoms in total. The van der Waals surface area contributed by atoms with Gasteiger partial charge in [-0.3, -0.25) is 4.79 Å². The molecule has 1 saturated carbocycles. The molecule has 0 radical (unpaired) electrons. The van der Waals surface area contributed by atoms with Gasteiger partial charge in [0.2, 0.25) is 0 Å². The number of rotatable bonds is 3. The standard InChI is InChI=1S/C14H20FN3O2/c1-16-13-12(15)9(7-8-17-13)14(20)18-10-5-3-2-4-6-11(10)19/h7-8,10-11,19H,2-6H2,1H3,(H,16,17)(H,18,20). The lowest BCUT2D eigenvalue weighted by atomic mass is 10.1. The van der Waals surface area contributed by atoms with Gasteiger partial charge in [0.25, 0.3) is 5.91 Å². The van der Waals surface area contributed by atoms with Crippen molar-refractivity contribution in [2.45, 2.75) is 44.2 Å². The van der Waals surface area contributed by atoms with Crippen LogP contribution in [0.25, 0.3) is 0 Å². The third kappa shape index (κ3) is 3.25. The molecule has 1 aromatic heterocycles. The zero-order valence-electron chi connectivity index (χ0n) is 11.5. The molecule has 2 unspecified atom stereocenters. The predicted molar refractivity (Wildman–Crippen MR) is 74.1 cm³/mol. The summed E-state index contributed by atoms with van der Waals surface area (Å²) in [5, 5.41) is 15.3. The fourth-order valence-corrected chi connectivity index (χ4v) is 2.50. The molecule has 1 heterocycles. The number of nitrogens with one attached hydrogen (secondary N) is 2. The molecule has 0 aromatic carbocycles. The van der Waals surface area contributed by atoms with Crippen molar-refractivity contribution < 1.29 is 14.3 Å². The fourth-order valence-electron chi connectivity index (χ4n) is 2.50. The number of pyridine rings is 1. The molecule has 0 spiro atoms. The lowest BCUT2D eigenvalue weighted by molar-refractivity contribution is 0.0815. The van der Waals surface area contributed by atoms with E-state index in [1.807, 2.05) is 0 Å². The third-order valence-electron chi connectivity index (χ3n) is 3.67. The summed E-state index contributed by atoms with van der Waals surface area (Å²) in [7, 11) is 1.54. The van der Waals surface area contributed by atoms with E-state index < -0.39 is 17.8 Å². The van der Waals surface area contributed by atoms with Crippen LogP contribution in [0.15, 0.2) is 12.3 Å². The highest BCUT2D eigenvalue weighted by molar-refractivity contribution is 5.95. The zero-order chi connectivity index (χ0) is 14.5. The number of carbonyl (C=O) groups excluding carboxylic acids is 1. The molecule has 2 rings (SSSR count). The number of halogens is 1. The molecule has 6 heteroatoms. The van der Waals surface area contributed by atoms with E-state index in [9.17, 15) is 14.3 Å². The van der Waals surface area contributed by atoms with Gasteiger partial charge in [-0.05, 0) is 18.9 Å². The van der Waals surface area contributed by atoms with E-state index in [0.29, 0.717) is 6.42 Å². The van der Waals surface area contributed by atoms with Crippen LogP contribution in [0.2, 0.25) is 0 Å². The molecule has 0 aliphatic heterocycles. The summed E-state index contributed by atoms with van der Waals surface area (Å²) in [6, 6.07) is 1.03. The maximum absolute atomic E-state index is 14.0. The van der Waals surface area contributed by atoms with Gasteiger partial charge < -0.3 is 15.7 Å². The molecule has 1 aromatic rings. The Morgan fingerprint density at radius 1 is 1.40 bits per heavy atom. The molecule has 2 atom stereocenters. The largest absolute Gasteiger partial charge is 0.391 e.